The van der Waals surface area contributed by atoms with Crippen molar-refractivity contribution in [2.75, 3.05) is 19.9 Å². The van der Waals surface area contributed by atoms with E-state index < -0.39 is 17.1 Å². The standard InChI is InChI=1S/C22H20FN3O5/c23-14-2-3-17-16(11-14)21(28)26(22(29)24-17)15-5-7-25(8-6-15)20(27)10-13-1-4-18-19(9-13)31-12-30-18/h1-4,9,11,15H,5-8,10,12H2,(H,24,29). The van der Waals surface area contributed by atoms with Crippen LogP contribution in [0.15, 0.2) is 46.0 Å². The van der Waals surface area contributed by atoms with Crippen LogP contribution >= 0.6 is 0 Å². The number of piperidine rings is 1. The second-order valence-corrected chi connectivity index (χ2v) is 7.77. The van der Waals surface area contributed by atoms with Gasteiger partial charge in [0.05, 0.1) is 17.3 Å². The lowest BCUT2D eigenvalue weighted by molar-refractivity contribution is -0.131. The SMILES string of the molecule is O=C(Cc1ccc2c(c1)OCO2)N1CCC(n2c(=O)[nH]c3ccc(F)cc3c2=O)CC1. The van der Waals surface area contributed by atoms with Gasteiger partial charge >= 0.3 is 5.69 Å². The molecule has 31 heavy (non-hydrogen) atoms. The topological polar surface area (TPSA) is 93.6 Å². The molecule has 8 nitrogen and oxygen atoms in total. The van der Waals surface area contributed by atoms with Crippen molar-refractivity contribution in [1.82, 2.24) is 14.5 Å². The maximum absolute atomic E-state index is 13.6. The Labute approximate surface area is 175 Å². The maximum Gasteiger partial charge on any atom is 0.329 e. The van der Waals surface area contributed by atoms with E-state index in [-0.39, 0.29) is 30.5 Å². The molecule has 0 radical (unpaired) electrons. The van der Waals surface area contributed by atoms with Gasteiger partial charge in [0.2, 0.25) is 12.7 Å². The summed E-state index contributed by atoms with van der Waals surface area (Å²) in [5, 5.41) is 0.140. The first-order valence-electron chi connectivity index (χ1n) is 10.1. The number of halogens is 1. The van der Waals surface area contributed by atoms with Gasteiger partial charge in [-0.15, -0.1) is 0 Å². The summed E-state index contributed by atoms with van der Waals surface area (Å²) < 4.78 is 25.4. The van der Waals surface area contributed by atoms with Crippen LogP contribution in [-0.4, -0.2) is 40.2 Å². The zero-order valence-electron chi connectivity index (χ0n) is 16.6. The van der Waals surface area contributed by atoms with Crippen LogP contribution < -0.4 is 20.7 Å². The van der Waals surface area contributed by atoms with E-state index in [4.69, 9.17) is 9.47 Å². The van der Waals surface area contributed by atoms with E-state index in [2.05, 4.69) is 4.98 Å². The number of rotatable bonds is 3. The molecule has 2 aliphatic heterocycles. The average Bonchev–Trinajstić information content (AvgIpc) is 3.23. The summed E-state index contributed by atoms with van der Waals surface area (Å²) >= 11 is 0. The molecule has 3 aromatic rings. The van der Waals surface area contributed by atoms with E-state index in [9.17, 15) is 18.8 Å². The fourth-order valence-corrected chi connectivity index (χ4v) is 4.24. The predicted molar refractivity (Wildman–Crippen MR) is 110 cm³/mol. The van der Waals surface area contributed by atoms with Crippen LogP contribution in [0.25, 0.3) is 10.9 Å². The van der Waals surface area contributed by atoms with E-state index >= 15 is 0 Å². The Morgan fingerprint density at radius 1 is 1.06 bits per heavy atom. The van der Waals surface area contributed by atoms with Crippen molar-refractivity contribution in [3.05, 3.63) is 68.6 Å². The van der Waals surface area contributed by atoms with Crippen molar-refractivity contribution in [2.24, 2.45) is 0 Å². The van der Waals surface area contributed by atoms with Crippen molar-refractivity contribution in [1.29, 1.82) is 0 Å². The first kappa shape index (κ1) is 19.3. The van der Waals surface area contributed by atoms with Crippen LogP contribution in [-0.2, 0) is 11.2 Å². The monoisotopic (exact) mass is 425 g/mol. The van der Waals surface area contributed by atoms with Crippen molar-refractivity contribution in [3.63, 3.8) is 0 Å². The fraction of sp³-hybridized carbons (Fsp3) is 0.318. The highest BCUT2D eigenvalue weighted by Crippen LogP contribution is 2.32. The van der Waals surface area contributed by atoms with Gasteiger partial charge in [-0.1, -0.05) is 6.07 Å². The molecule has 0 bridgehead atoms. The van der Waals surface area contributed by atoms with Crippen LogP contribution in [0.4, 0.5) is 4.39 Å². The fourth-order valence-electron chi connectivity index (χ4n) is 4.24. The third kappa shape index (κ3) is 3.56. The van der Waals surface area contributed by atoms with Crippen molar-refractivity contribution < 1.29 is 18.7 Å². The van der Waals surface area contributed by atoms with E-state index in [1.54, 1.807) is 17.0 Å². The number of fused-ring (bicyclic) bond motifs is 2. The quantitative estimate of drug-likeness (QED) is 0.693. The number of nitrogens with one attached hydrogen (secondary N) is 1. The molecule has 0 aliphatic carbocycles. The highest BCUT2D eigenvalue weighted by Gasteiger charge is 2.26. The Bertz CT molecular complexity index is 1290. The summed E-state index contributed by atoms with van der Waals surface area (Å²) in [6, 6.07) is 8.80. The molecule has 2 aliphatic rings. The molecule has 0 saturated carbocycles. The molecular weight excluding hydrogens is 405 g/mol. The summed E-state index contributed by atoms with van der Waals surface area (Å²) in [5.41, 5.74) is 0.113. The minimum Gasteiger partial charge on any atom is -0.454 e. The van der Waals surface area contributed by atoms with Crippen LogP contribution in [0, 0.1) is 5.82 Å². The Morgan fingerprint density at radius 2 is 1.84 bits per heavy atom. The number of likely N-dealkylation sites (tertiary alicyclic amines) is 1. The molecule has 0 spiro atoms. The third-order valence-corrected chi connectivity index (χ3v) is 5.87. The van der Waals surface area contributed by atoms with Gasteiger partial charge in [0.25, 0.3) is 5.56 Å². The summed E-state index contributed by atoms with van der Waals surface area (Å²) in [6.07, 6.45) is 1.17. The first-order valence-corrected chi connectivity index (χ1v) is 10.1. The maximum atomic E-state index is 13.6. The van der Waals surface area contributed by atoms with Gasteiger partial charge in [-0.05, 0) is 48.7 Å². The molecule has 1 N–H and O–H groups in total. The Hall–Kier alpha value is -3.62. The van der Waals surface area contributed by atoms with E-state index in [0.29, 0.717) is 42.9 Å². The number of benzene rings is 2. The zero-order valence-corrected chi connectivity index (χ0v) is 16.6. The molecule has 3 heterocycles. The van der Waals surface area contributed by atoms with Gasteiger partial charge in [-0.2, -0.15) is 0 Å². The number of aromatic amines is 1. The number of aromatic nitrogens is 2. The number of ether oxygens (including phenoxy) is 2. The van der Waals surface area contributed by atoms with E-state index in [1.807, 2.05) is 6.07 Å². The highest BCUT2D eigenvalue weighted by molar-refractivity contribution is 5.79. The molecule has 1 saturated heterocycles. The second-order valence-electron chi connectivity index (χ2n) is 7.77. The van der Waals surface area contributed by atoms with Crippen molar-refractivity contribution in [3.8, 4) is 11.5 Å². The molecule has 0 atom stereocenters. The Balaban J connectivity index is 1.30. The predicted octanol–water partition coefficient (Wildman–Crippen LogP) is 1.96. The number of nitrogens with zero attached hydrogens (tertiary/aromatic N) is 2. The minimum absolute atomic E-state index is 0.0286. The second kappa shape index (κ2) is 7.57. The molecule has 0 unspecified atom stereocenters. The smallest absolute Gasteiger partial charge is 0.329 e. The molecule has 1 amide bonds. The molecule has 160 valence electrons. The van der Waals surface area contributed by atoms with Crippen LogP contribution in [0.5, 0.6) is 11.5 Å². The van der Waals surface area contributed by atoms with Gasteiger partial charge < -0.3 is 19.4 Å². The van der Waals surface area contributed by atoms with Gasteiger partial charge in [0.15, 0.2) is 11.5 Å². The molecule has 1 fully saturated rings. The molecule has 2 aromatic carbocycles. The van der Waals surface area contributed by atoms with Crippen molar-refractivity contribution in [2.45, 2.75) is 25.3 Å². The van der Waals surface area contributed by atoms with Crippen LogP contribution in [0.1, 0.15) is 24.4 Å². The summed E-state index contributed by atoms with van der Waals surface area (Å²) in [4.78, 5) is 42.4. The van der Waals surface area contributed by atoms with E-state index in [0.717, 1.165) is 16.2 Å². The molecule has 1 aromatic heterocycles. The third-order valence-electron chi connectivity index (χ3n) is 5.87. The lowest BCUT2D eigenvalue weighted by Crippen LogP contribution is -2.45. The molecule has 9 heteroatoms. The minimum atomic E-state index is -0.535. The summed E-state index contributed by atoms with van der Waals surface area (Å²) in [6.45, 7) is 1.04. The lowest BCUT2D eigenvalue weighted by Gasteiger charge is -2.32. The number of carbonyl (C=O) groups is 1. The molecule has 5 rings (SSSR count). The number of hydrogen-bond acceptors (Lipinski definition) is 5. The normalized spacial score (nSPS) is 16.1. The Kier molecular flexibility index (Phi) is 4.72. The number of hydrogen-bond donors (Lipinski definition) is 1. The van der Waals surface area contributed by atoms with Crippen molar-refractivity contribution >= 4 is 16.8 Å². The van der Waals surface area contributed by atoms with E-state index in [1.165, 1.54) is 12.1 Å². The zero-order chi connectivity index (χ0) is 21.5. The number of H-pyrrole nitrogens is 1. The van der Waals surface area contributed by atoms with Crippen LogP contribution in [0.3, 0.4) is 0 Å². The number of amides is 1. The molecular formula is C22H20FN3O5. The first-order chi connectivity index (χ1) is 15.0. The van der Waals surface area contributed by atoms with Gasteiger partial charge in [0, 0.05) is 19.1 Å². The lowest BCUT2D eigenvalue weighted by atomic mass is 10.0. The number of carbonyl (C=O) groups excluding carboxylic acids is 1. The summed E-state index contributed by atoms with van der Waals surface area (Å²) in [5.74, 6) is 0.740. The average molecular weight is 425 g/mol. The van der Waals surface area contributed by atoms with Gasteiger partial charge in [0.1, 0.15) is 5.82 Å². The summed E-state index contributed by atoms with van der Waals surface area (Å²) in [7, 11) is 0. The van der Waals surface area contributed by atoms with Crippen LogP contribution in [0.2, 0.25) is 0 Å². The van der Waals surface area contributed by atoms with Gasteiger partial charge in [-0.25, -0.2) is 9.18 Å². The van der Waals surface area contributed by atoms with Gasteiger partial charge in [-0.3, -0.25) is 14.2 Å². The Morgan fingerprint density at radius 3 is 2.65 bits per heavy atom. The highest BCUT2D eigenvalue weighted by atomic mass is 19.1. The largest absolute Gasteiger partial charge is 0.454 e.